The quantitative estimate of drug-likeness (QED) is 0.883. The van der Waals surface area contributed by atoms with Gasteiger partial charge in [-0.05, 0) is 38.4 Å². The Labute approximate surface area is 115 Å². The lowest BCUT2D eigenvalue weighted by Gasteiger charge is -2.39. The number of hydrogen-bond donors (Lipinski definition) is 1. The first-order chi connectivity index (χ1) is 9.36. The van der Waals surface area contributed by atoms with Gasteiger partial charge in [0.2, 0.25) is 0 Å². The molecule has 1 saturated heterocycles. The molecule has 0 amide bonds. The van der Waals surface area contributed by atoms with Crippen molar-refractivity contribution in [2.24, 2.45) is 0 Å². The highest BCUT2D eigenvalue weighted by Gasteiger charge is 2.34. The van der Waals surface area contributed by atoms with Crippen LogP contribution in [-0.4, -0.2) is 40.0 Å². The molecule has 1 aliphatic carbocycles. The molecule has 4 heteroatoms. The van der Waals surface area contributed by atoms with Gasteiger partial charge in [-0.1, -0.05) is 19.3 Å². The van der Waals surface area contributed by atoms with Crippen LogP contribution < -0.4 is 5.32 Å². The molecule has 0 aromatic carbocycles. The number of nitrogens with zero attached hydrogens (tertiary/aromatic N) is 3. The Hall–Kier alpha value is -1.00. The molecule has 0 unspecified atom stereocenters. The third-order valence-corrected chi connectivity index (χ3v) is 4.47. The predicted octanol–water partition coefficient (Wildman–Crippen LogP) is 1.97. The van der Waals surface area contributed by atoms with Crippen LogP contribution in [0.15, 0.2) is 18.5 Å². The Bertz CT molecular complexity index is 386. The van der Waals surface area contributed by atoms with Crippen molar-refractivity contribution in [2.75, 3.05) is 19.6 Å². The van der Waals surface area contributed by atoms with Gasteiger partial charge in [-0.15, -0.1) is 0 Å². The fourth-order valence-corrected chi connectivity index (χ4v) is 3.53. The van der Waals surface area contributed by atoms with E-state index in [1.807, 2.05) is 18.5 Å². The molecule has 4 nitrogen and oxygen atoms in total. The van der Waals surface area contributed by atoms with Crippen molar-refractivity contribution in [3.8, 4) is 0 Å². The van der Waals surface area contributed by atoms with Crippen molar-refractivity contribution in [1.82, 2.24) is 20.2 Å². The van der Waals surface area contributed by atoms with Gasteiger partial charge in [-0.2, -0.15) is 0 Å². The topological polar surface area (TPSA) is 41.1 Å². The van der Waals surface area contributed by atoms with Crippen molar-refractivity contribution in [2.45, 2.75) is 50.6 Å². The lowest BCUT2D eigenvalue weighted by molar-refractivity contribution is 0.157. The number of rotatable bonds is 2. The average molecular weight is 260 g/mol. The fraction of sp³-hybridized carbons (Fsp3) is 0.733. The maximum absolute atomic E-state index is 4.36. The van der Waals surface area contributed by atoms with Gasteiger partial charge in [0.25, 0.3) is 0 Å². The summed E-state index contributed by atoms with van der Waals surface area (Å²) in [6, 6.07) is 1.89. The molecule has 2 heterocycles. The molecule has 2 aliphatic rings. The van der Waals surface area contributed by atoms with Crippen LogP contribution in [0.5, 0.6) is 0 Å². The van der Waals surface area contributed by atoms with Gasteiger partial charge in [0, 0.05) is 24.5 Å². The van der Waals surface area contributed by atoms with Crippen LogP contribution in [-0.2, 0) is 6.54 Å². The molecule has 3 rings (SSSR count). The van der Waals surface area contributed by atoms with Crippen molar-refractivity contribution in [1.29, 1.82) is 0 Å². The Balaban J connectivity index is 1.67. The molecule has 19 heavy (non-hydrogen) atoms. The highest BCUT2D eigenvalue weighted by Crippen LogP contribution is 2.30. The molecule has 0 atom stereocenters. The summed E-state index contributed by atoms with van der Waals surface area (Å²) >= 11 is 0. The van der Waals surface area contributed by atoms with Crippen molar-refractivity contribution in [3.63, 3.8) is 0 Å². The van der Waals surface area contributed by atoms with Crippen molar-refractivity contribution >= 4 is 0 Å². The highest BCUT2D eigenvalue weighted by molar-refractivity contribution is 4.97. The van der Waals surface area contributed by atoms with Crippen LogP contribution in [0.25, 0.3) is 0 Å². The van der Waals surface area contributed by atoms with Crippen LogP contribution >= 0.6 is 0 Å². The van der Waals surface area contributed by atoms with E-state index < -0.39 is 0 Å². The minimum Gasteiger partial charge on any atom is -0.310 e. The monoisotopic (exact) mass is 260 g/mol. The van der Waals surface area contributed by atoms with E-state index in [-0.39, 0.29) is 0 Å². The first kappa shape index (κ1) is 13.0. The highest BCUT2D eigenvalue weighted by atomic mass is 15.2. The summed E-state index contributed by atoms with van der Waals surface area (Å²) in [6.45, 7) is 4.37. The smallest absolute Gasteiger partial charge is 0.142 e. The zero-order chi connectivity index (χ0) is 13.0. The van der Waals surface area contributed by atoms with Crippen LogP contribution in [0.3, 0.4) is 0 Å². The summed E-state index contributed by atoms with van der Waals surface area (Å²) in [7, 11) is 0. The maximum atomic E-state index is 4.36. The van der Waals surface area contributed by atoms with Gasteiger partial charge in [-0.25, -0.2) is 9.97 Å². The lowest BCUT2D eigenvalue weighted by atomic mass is 9.81. The van der Waals surface area contributed by atoms with E-state index in [2.05, 4.69) is 20.2 Å². The minimum atomic E-state index is 0.365. The first-order valence-corrected chi connectivity index (χ1v) is 7.60. The number of aromatic nitrogens is 2. The fourth-order valence-electron chi connectivity index (χ4n) is 3.53. The second-order valence-electron chi connectivity index (χ2n) is 6.00. The average Bonchev–Trinajstić information content (AvgIpc) is 2.63. The standard InChI is InChI=1S/C15H24N4/c1-2-6-15(7-3-1)13-19(11-5-10-18-15)12-14-16-8-4-9-17-14/h4,8-9,18H,1-3,5-7,10-13H2. The van der Waals surface area contributed by atoms with Crippen LogP contribution in [0.4, 0.5) is 0 Å². The van der Waals surface area contributed by atoms with Crippen molar-refractivity contribution in [3.05, 3.63) is 24.3 Å². The summed E-state index contributed by atoms with van der Waals surface area (Å²) in [5.74, 6) is 0.954. The number of hydrogen-bond acceptors (Lipinski definition) is 4. The van der Waals surface area contributed by atoms with Crippen LogP contribution in [0, 0.1) is 0 Å². The summed E-state index contributed by atoms with van der Waals surface area (Å²) in [6.07, 6.45) is 11.7. The van der Waals surface area contributed by atoms with E-state index in [1.165, 1.54) is 38.5 Å². The second kappa shape index (κ2) is 5.97. The molecule has 2 fully saturated rings. The summed E-state index contributed by atoms with van der Waals surface area (Å²) in [5.41, 5.74) is 0.365. The summed E-state index contributed by atoms with van der Waals surface area (Å²) in [4.78, 5) is 11.3. The third kappa shape index (κ3) is 3.31. The van der Waals surface area contributed by atoms with E-state index in [0.717, 1.165) is 32.0 Å². The number of nitrogens with one attached hydrogen (secondary N) is 1. The minimum absolute atomic E-state index is 0.365. The zero-order valence-electron chi connectivity index (χ0n) is 11.6. The van der Waals surface area contributed by atoms with Gasteiger partial charge in [0.05, 0.1) is 6.54 Å². The molecule has 104 valence electrons. The normalized spacial score (nSPS) is 24.2. The van der Waals surface area contributed by atoms with Crippen molar-refractivity contribution < 1.29 is 0 Å². The molecule has 0 bridgehead atoms. The van der Waals surface area contributed by atoms with Gasteiger partial charge >= 0.3 is 0 Å². The van der Waals surface area contributed by atoms with E-state index >= 15 is 0 Å². The van der Waals surface area contributed by atoms with E-state index in [9.17, 15) is 0 Å². The van der Waals surface area contributed by atoms with E-state index in [1.54, 1.807) is 0 Å². The molecule has 1 aromatic rings. The van der Waals surface area contributed by atoms with Gasteiger partial charge < -0.3 is 5.32 Å². The van der Waals surface area contributed by atoms with Gasteiger partial charge in [-0.3, -0.25) is 4.90 Å². The van der Waals surface area contributed by atoms with Gasteiger partial charge in [0.15, 0.2) is 0 Å². The zero-order valence-corrected chi connectivity index (χ0v) is 11.6. The molecule has 1 spiro atoms. The second-order valence-corrected chi connectivity index (χ2v) is 6.00. The van der Waals surface area contributed by atoms with E-state index in [0.29, 0.717) is 5.54 Å². The molecule has 1 saturated carbocycles. The van der Waals surface area contributed by atoms with E-state index in [4.69, 9.17) is 0 Å². The Morgan fingerprint density at radius 1 is 1.11 bits per heavy atom. The predicted molar refractivity (Wildman–Crippen MR) is 75.7 cm³/mol. The first-order valence-electron chi connectivity index (χ1n) is 7.60. The molecule has 1 N–H and O–H groups in total. The van der Waals surface area contributed by atoms with Gasteiger partial charge in [0.1, 0.15) is 5.82 Å². The lowest BCUT2D eigenvalue weighted by Crippen LogP contribution is -2.52. The Morgan fingerprint density at radius 3 is 2.68 bits per heavy atom. The molecular formula is C15H24N4. The summed E-state index contributed by atoms with van der Waals surface area (Å²) < 4.78 is 0. The third-order valence-electron chi connectivity index (χ3n) is 4.47. The molecule has 0 radical (unpaired) electrons. The molecule has 1 aliphatic heterocycles. The summed E-state index contributed by atoms with van der Waals surface area (Å²) in [5, 5.41) is 3.83. The molecular weight excluding hydrogens is 236 g/mol. The SMILES string of the molecule is c1cnc(CN2CCCNC3(CCCCC3)C2)nc1. The van der Waals surface area contributed by atoms with Crippen LogP contribution in [0.1, 0.15) is 44.3 Å². The Morgan fingerprint density at radius 2 is 1.89 bits per heavy atom. The largest absolute Gasteiger partial charge is 0.310 e. The molecule has 1 aromatic heterocycles. The Kier molecular flexibility index (Phi) is 4.09. The maximum Gasteiger partial charge on any atom is 0.142 e. The van der Waals surface area contributed by atoms with Crippen LogP contribution in [0.2, 0.25) is 0 Å².